The van der Waals surface area contributed by atoms with E-state index in [-0.39, 0.29) is 5.56 Å². The number of alkyl halides is 3. The summed E-state index contributed by atoms with van der Waals surface area (Å²) in [5.41, 5.74) is 0.0479. The average molecular weight is 345 g/mol. The van der Waals surface area contributed by atoms with Crippen molar-refractivity contribution >= 4 is 21.9 Å². The van der Waals surface area contributed by atoms with Gasteiger partial charge in [-0.3, -0.25) is 0 Å². The van der Waals surface area contributed by atoms with Crippen molar-refractivity contribution in [1.29, 1.82) is 0 Å². The zero-order chi connectivity index (χ0) is 14.9. The van der Waals surface area contributed by atoms with Crippen LogP contribution >= 0.6 is 15.9 Å². The van der Waals surface area contributed by atoms with Crippen LogP contribution in [-0.4, -0.2) is 11.1 Å². The van der Waals surface area contributed by atoms with Crippen LogP contribution in [0.5, 0.6) is 0 Å². The number of hydrogen-bond donors (Lipinski definition) is 1. The molecule has 6 heteroatoms. The first-order valence-electron chi connectivity index (χ1n) is 5.49. The summed E-state index contributed by atoms with van der Waals surface area (Å²) in [6.45, 7) is 0. The molecular formula is C14H8BrF3O2. The highest BCUT2D eigenvalue weighted by Crippen LogP contribution is 2.32. The van der Waals surface area contributed by atoms with E-state index in [1.54, 1.807) is 12.1 Å². The van der Waals surface area contributed by atoms with Crippen molar-refractivity contribution in [3.05, 3.63) is 58.1 Å². The van der Waals surface area contributed by atoms with E-state index in [2.05, 4.69) is 15.9 Å². The lowest BCUT2D eigenvalue weighted by atomic mass is 9.98. The molecular weight excluding hydrogens is 337 g/mol. The smallest absolute Gasteiger partial charge is 0.416 e. The van der Waals surface area contributed by atoms with E-state index in [0.717, 1.165) is 12.1 Å². The van der Waals surface area contributed by atoms with Crippen LogP contribution in [0.15, 0.2) is 46.9 Å². The number of halogens is 4. The fraction of sp³-hybridized carbons (Fsp3) is 0.0714. The van der Waals surface area contributed by atoms with E-state index >= 15 is 0 Å². The normalized spacial score (nSPS) is 11.4. The van der Waals surface area contributed by atoms with E-state index in [0.29, 0.717) is 15.6 Å². The highest BCUT2D eigenvalue weighted by Gasteiger charge is 2.30. The van der Waals surface area contributed by atoms with Gasteiger partial charge in [-0.25, -0.2) is 4.79 Å². The molecule has 0 atom stereocenters. The summed E-state index contributed by atoms with van der Waals surface area (Å²) in [5.74, 6) is -1.14. The maximum absolute atomic E-state index is 12.5. The van der Waals surface area contributed by atoms with E-state index < -0.39 is 17.7 Å². The minimum absolute atomic E-state index is 0.0270. The zero-order valence-corrected chi connectivity index (χ0v) is 11.5. The molecule has 0 saturated carbocycles. The van der Waals surface area contributed by atoms with Gasteiger partial charge in [0.1, 0.15) is 0 Å². The summed E-state index contributed by atoms with van der Waals surface area (Å²) in [6, 6.07) is 8.99. The second-order valence-corrected chi connectivity index (χ2v) is 4.99. The minimum Gasteiger partial charge on any atom is -0.478 e. The first-order chi connectivity index (χ1) is 9.29. The maximum atomic E-state index is 12.5. The van der Waals surface area contributed by atoms with E-state index in [1.165, 1.54) is 18.2 Å². The topological polar surface area (TPSA) is 37.3 Å². The van der Waals surface area contributed by atoms with Crippen LogP contribution in [0.2, 0.25) is 0 Å². The summed E-state index contributed by atoms with van der Waals surface area (Å²) in [4.78, 5) is 11.2. The molecule has 2 rings (SSSR count). The van der Waals surface area contributed by atoms with Crippen molar-refractivity contribution in [2.24, 2.45) is 0 Å². The maximum Gasteiger partial charge on any atom is 0.416 e. The largest absolute Gasteiger partial charge is 0.478 e. The Labute approximate surface area is 121 Å². The number of rotatable bonds is 2. The predicted molar refractivity (Wildman–Crippen MR) is 71.5 cm³/mol. The molecule has 0 aliphatic heterocycles. The Hall–Kier alpha value is -1.82. The number of carboxylic acids is 1. The zero-order valence-electron chi connectivity index (χ0n) is 9.91. The molecule has 20 heavy (non-hydrogen) atoms. The van der Waals surface area contributed by atoms with E-state index in [4.69, 9.17) is 5.11 Å². The first kappa shape index (κ1) is 14.6. The number of carboxylic acid groups (broad SMARTS) is 1. The van der Waals surface area contributed by atoms with Gasteiger partial charge in [0.05, 0.1) is 11.1 Å². The van der Waals surface area contributed by atoms with Crippen molar-refractivity contribution in [2.75, 3.05) is 0 Å². The van der Waals surface area contributed by atoms with Crippen LogP contribution in [0.25, 0.3) is 11.1 Å². The monoisotopic (exact) mass is 344 g/mol. The molecule has 0 saturated heterocycles. The average Bonchev–Trinajstić information content (AvgIpc) is 2.37. The molecule has 0 aliphatic carbocycles. The Kier molecular flexibility index (Phi) is 3.85. The molecule has 0 aliphatic rings. The lowest BCUT2D eigenvalue weighted by Crippen LogP contribution is -2.04. The van der Waals surface area contributed by atoms with Crippen LogP contribution < -0.4 is 0 Å². The standard InChI is InChI=1S/C14H8BrF3O2/c15-10-5-6-11(12(7-10)13(19)20)8-1-3-9(4-2-8)14(16,17)18/h1-7H,(H,19,20). The molecule has 0 heterocycles. The summed E-state index contributed by atoms with van der Waals surface area (Å²) in [5, 5.41) is 9.13. The minimum atomic E-state index is -4.41. The fourth-order valence-corrected chi connectivity index (χ4v) is 2.14. The second kappa shape index (κ2) is 5.28. The van der Waals surface area contributed by atoms with Gasteiger partial charge >= 0.3 is 12.1 Å². The van der Waals surface area contributed by atoms with Gasteiger partial charge in [0, 0.05) is 4.47 Å². The summed E-state index contributed by atoms with van der Waals surface area (Å²) < 4.78 is 38.0. The molecule has 0 spiro atoms. The third-order valence-corrected chi connectivity index (χ3v) is 3.23. The second-order valence-electron chi connectivity index (χ2n) is 4.07. The molecule has 0 fully saturated rings. The van der Waals surface area contributed by atoms with Gasteiger partial charge in [-0.1, -0.05) is 34.1 Å². The molecule has 1 N–H and O–H groups in total. The third kappa shape index (κ3) is 3.01. The molecule has 0 unspecified atom stereocenters. The molecule has 104 valence electrons. The number of hydrogen-bond acceptors (Lipinski definition) is 1. The Morgan fingerprint density at radius 2 is 1.65 bits per heavy atom. The lowest BCUT2D eigenvalue weighted by molar-refractivity contribution is -0.137. The molecule has 0 radical (unpaired) electrons. The Balaban J connectivity index is 2.50. The number of benzene rings is 2. The Morgan fingerprint density at radius 1 is 1.05 bits per heavy atom. The van der Waals surface area contributed by atoms with Crippen LogP contribution in [-0.2, 0) is 6.18 Å². The Morgan fingerprint density at radius 3 is 2.15 bits per heavy atom. The van der Waals surface area contributed by atoms with Crippen LogP contribution in [0, 0.1) is 0 Å². The van der Waals surface area contributed by atoms with Crippen LogP contribution in [0.1, 0.15) is 15.9 Å². The molecule has 2 aromatic carbocycles. The summed E-state index contributed by atoms with van der Waals surface area (Å²) >= 11 is 3.16. The number of carbonyl (C=O) groups is 1. The molecule has 0 bridgehead atoms. The fourth-order valence-electron chi connectivity index (χ4n) is 1.78. The van der Waals surface area contributed by atoms with Crippen molar-refractivity contribution in [2.45, 2.75) is 6.18 Å². The SMILES string of the molecule is O=C(O)c1cc(Br)ccc1-c1ccc(C(F)(F)F)cc1. The van der Waals surface area contributed by atoms with Gasteiger partial charge < -0.3 is 5.11 Å². The number of aromatic carboxylic acids is 1. The van der Waals surface area contributed by atoms with Crippen molar-refractivity contribution < 1.29 is 23.1 Å². The van der Waals surface area contributed by atoms with Crippen molar-refractivity contribution in [3.8, 4) is 11.1 Å². The Bertz CT molecular complexity index is 648. The van der Waals surface area contributed by atoms with E-state index in [1.807, 2.05) is 0 Å². The van der Waals surface area contributed by atoms with Gasteiger partial charge in [-0.05, 0) is 35.4 Å². The molecule has 2 aromatic rings. The third-order valence-electron chi connectivity index (χ3n) is 2.74. The van der Waals surface area contributed by atoms with Gasteiger partial charge in [0.2, 0.25) is 0 Å². The predicted octanol–water partition coefficient (Wildman–Crippen LogP) is 4.83. The van der Waals surface area contributed by atoms with Gasteiger partial charge in [-0.2, -0.15) is 13.2 Å². The lowest BCUT2D eigenvalue weighted by Gasteiger charge is -2.10. The van der Waals surface area contributed by atoms with Gasteiger partial charge in [0.25, 0.3) is 0 Å². The highest BCUT2D eigenvalue weighted by molar-refractivity contribution is 9.10. The van der Waals surface area contributed by atoms with Crippen molar-refractivity contribution in [3.63, 3.8) is 0 Å². The van der Waals surface area contributed by atoms with Gasteiger partial charge in [-0.15, -0.1) is 0 Å². The molecule has 0 aromatic heterocycles. The first-order valence-corrected chi connectivity index (χ1v) is 6.29. The van der Waals surface area contributed by atoms with Crippen molar-refractivity contribution in [1.82, 2.24) is 0 Å². The summed E-state index contributed by atoms with van der Waals surface area (Å²) in [7, 11) is 0. The highest BCUT2D eigenvalue weighted by atomic mass is 79.9. The van der Waals surface area contributed by atoms with Gasteiger partial charge in [0.15, 0.2) is 0 Å². The van der Waals surface area contributed by atoms with E-state index in [9.17, 15) is 18.0 Å². The quantitative estimate of drug-likeness (QED) is 0.846. The summed E-state index contributed by atoms with van der Waals surface area (Å²) in [6.07, 6.45) is -4.41. The van der Waals surface area contributed by atoms with Crippen LogP contribution in [0.4, 0.5) is 13.2 Å². The molecule has 0 amide bonds. The molecule has 2 nitrogen and oxygen atoms in total. The van der Waals surface area contributed by atoms with Crippen LogP contribution in [0.3, 0.4) is 0 Å².